The van der Waals surface area contributed by atoms with Crippen molar-refractivity contribution < 1.29 is 13.6 Å². The Morgan fingerprint density at radius 3 is 2.14 bits per heavy atom. The largest absolute Gasteiger partial charge is 0.330 e. The molecule has 4 nitrogen and oxygen atoms in total. The molecule has 0 aliphatic heterocycles. The van der Waals surface area contributed by atoms with Crippen LogP contribution in [0, 0.1) is 0 Å². The molecule has 0 amide bonds. The van der Waals surface area contributed by atoms with Crippen molar-refractivity contribution in [2.45, 2.75) is 27.2 Å². The van der Waals surface area contributed by atoms with Gasteiger partial charge in [-0.2, -0.15) is 0 Å². The lowest BCUT2D eigenvalue weighted by molar-refractivity contribution is 0.219. The van der Waals surface area contributed by atoms with Gasteiger partial charge in [-0.05, 0) is 33.4 Å². The lowest BCUT2D eigenvalue weighted by Crippen LogP contribution is -2.15. The Bertz CT molecular complexity index is 165. The van der Waals surface area contributed by atoms with Gasteiger partial charge in [0.2, 0.25) is 0 Å². The summed E-state index contributed by atoms with van der Waals surface area (Å²) in [5.74, 6) is 0. The molecule has 0 aliphatic carbocycles. The first-order valence-electron chi connectivity index (χ1n) is 5.27. The highest BCUT2D eigenvalue weighted by Gasteiger charge is 2.22. The molecule has 0 spiro atoms. The fourth-order valence-corrected chi connectivity index (χ4v) is 2.80. The molecular formula is C9H22NO3P. The third-order valence-corrected chi connectivity index (χ3v) is 3.85. The maximum absolute atomic E-state index is 11.9. The van der Waals surface area contributed by atoms with Crippen molar-refractivity contribution in [2.75, 3.05) is 32.5 Å². The fourth-order valence-electron chi connectivity index (χ4n) is 1.13. The molecule has 0 aromatic rings. The fraction of sp³-hybridized carbons (Fsp3) is 1.00. The summed E-state index contributed by atoms with van der Waals surface area (Å²) in [6, 6.07) is 0. The number of rotatable bonds is 9. The van der Waals surface area contributed by atoms with Crippen LogP contribution in [-0.2, 0) is 13.6 Å². The summed E-state index contributed by atoms with van der Waals surface area (Å²) in [5, 5.41) is 3.17. The molecule has 0 unspecified atom stereocenters. The van der Waals surface area contributed by atoms with Gasteiger partial charge in [-0.1, -0.05) is 6.92 Å². The number of hydrogen-bond acceptors (Lipinski definition) is 4. The zero-order valence-corrected chi connectivity index (χ0v) is 10.3. The van der Waals surface area contributed by atoms with E-state index in [-0.39, 0.29) is 0 Å². The average Bonchev–Trinajstić information content (AvgIpc) is 2.13. The summed E-state index contributed by atoms with van der Waals surface area (Å²) in [7, 11) is -2.80. The molecule has 0 fully saturated rings. The Morgan fingerprint density at radius 1 is 1.14 bits per heavy atom. The first-order chi connectivity index (χ1) is 6.68. The smallest absolute Gasteiger partial charge is 0.317 e. The van der Waals surface area contributed by atoms with E-state index in [1.54, 1.807) is 0 Å². The third kappa shape index (κ3) is 6.55. The zero-order valence-electron chi connectivity index (χ0n) is 9.41. The van der Waals surface area contributed by atoms with E-state index < -0.39 is 7.60 Å². The molecule has 0 aromatic heterocycles. The van der Waals surface area contributed by atoms with Crippen LogP contribution >= 0.6 is 7.60 Å². The van der Waals surface area contributed by atoms with E-state index in [9.17, 15) is 4.57 Å². The van der Waals surface area contributed by atoms with Gasteiger partial charge in [0, 0.05) is 0 Å². The van der Waals surface area contributed by atoms with Crippen LogP contribution in [0.15, 0.2) is 0 Å². The molecule has 14 heavy (non-hydrogen) atoms. The SMILES string of the molecule is CCNCCCP(=O)(OCC)OCC. The second kappa shape index (κ2) is 8.42. The normalized spacial score (nSPS) is 11.9. The highest BCUT2D eigenvalue weighted by atomic mass is 31.2. The van der Waals surface area contributed by atoms with Crippen LogP contribution in [0.1, 0.15) is 27.2 Å². The standard InChI is InChI=1S/C9H22NO3P/c1-4-10-8-7-9-14(11,12-5-2)13-6-3/h10H,4-9H2,1-3H3. The minimum absolute atomic E-state index is 0.443. The van der Waals surface area contributed by atoms with E-state index in [0.717, 1.165) is 19.5 Å². The van der Waals surface area contributed by atoms with Gasteiger partial charge in [0.25, 0.3) is 0 Å². The molecule has 0 atom stereocenters. The van der Waals surface area contributed by atoms with Crippen molar-refractivity contribution in [1.29, 1.82) is 0 Å². The Kier molecular flexibility index (Phi) is 8.49. The predicted molar refractivity (Wildman–Crippen MR) is 58.9 cm³/mol. The summed E-state index contributed by atoms with van der Waals surface area (Å²) in [6.45, 7) is 8.39. The van der Waals surface area contributed by atoms with E-state index in [2.05, 4.69) is 5.32 Å². The van der Waals surface area contributed by atoms with Crippen LogP contribution < -0.4 is 5.32 Å². The number of hydrogen-bond donors (Lipinski definition) is 1. The maximum atomic E-state index is 11.9. The molecule has 5 heteroatoms. The molecule has 0 saturated heterocycles. The average molecular weight is 223 g/mol. The van der Waals surface area contributed by atoms with Gasteiger partial charge in [0.05, 0.1) is 19.4 Å². The first kappa shape index (κ1) is 14.1. The van der Waals surface area contributed by atoms with Crippen molar-refractivity contribution in [2.24, 2.45) is 0 Å². The molecule has 0 aliphatic rings. The Balaban J connectivity index is 3.78. The van der Waals surface area contributed by atoms with Crippen LogP contribution in [0.25, 0.3) is 0 Å². The second-order valence-electron chi connectivity index (χ2n) is 2.88. The van der Waals surface area contributed by atoms with Gasteiger partial charge in [-0.3, -0.25) is 4.57 Å². The van der Waals surface area contributed by atoms with Crippen LogP contribution in [-0.4, -0.2) is 32.5 Å². The summed E-state index contributed by atoms with van der Waals surface area (Å²) < 4.78 is 22.2. The first-order valence-corrected chi connectivity index (χ1v) is 7.00. The van der Waals surface area contributed by atoms with E-state index in [0.29, 0.717) is 19.4 Å². The van der Waals surface area contributed by atoms with Crippen molar-refractivity contribution in [3.8, 4) is 0 Å². The molecule has 0 rings (SSSR count). The predicted octanol–water partition coefficient (Wildman–Crippen LogP) is 2.25. The Labute approximate surface area is 86.9 Å². The minimum atomic E-state index is -2.80. The van der Waals surface area contributed by atoms with Gasteiger partial charge in [-0.15, -0.1) is 0 Å². The molecule has 0 heterocycles. The Hall–Kier alpha value is 0.110. The van der Waals surface area contributed by atoms with E-state index in [1.807, 2.05) is 20.8 Å². The van der Waals surface area contributed by atoms with Gasteiger partial charge in [-0.25, -0.2) is 0 Å². The van der Waals surface area contributed by atoms with Gasteiger partial charge < -0.3 is 14.4 Å². The number of nitrogens with one attached hydrogen (secondary N) is 1. The van der Waals surface area contributed by atoms with E-state index >= 15 is 0 Å². The molecule has 0 radical (unpaired) electrons. The summed E-state index contributed by atoms with van der Waals surface area (Å²) in [5.41, 5.74) is 0. The maximum Gasteiger partial charge on any atom is 0.330 e. The van der Waals surface area contributed by atoms with Gasteiger partial charge >= 0.3 is 7.60 Å². The third-order valence-electron chi connectivity index (χ3n) is 1.69. The molecule has 86 valence electrons. The van der Waals surface area contributed by atoms with Crippen LogP contribution in [0.5, 0.6) is 0 Å². The summed E-state index contributed by atoms with van der Waals surface area (Å²) >= 11 is 0. The zero-order chi connectivity index (χ0) is 10.9. The minimum Gasteiger partial charge on any atom is -0.317 e. The van der Waals surface area contributed by atoms with Crippen molar-refractivity contribution in [3.63, 3.8) is 0 Å². The van der Waals surface area contributed by atoms with E-state index in [4.69, 9.17) is 9.05 Å². The van der Waals surface area contributed by atoms with Crippen LogP contribution in [0.2, 0.25) is 0 Å². The highest BCUT2D eigenvalue weighted by Crippen LogP contribution is 2.48. The van der Waals surface area contributed by atoms with Gasteiger partial charge in [0.15, 0.2) is 0 Å². The summed E-state index contributed by atoms with van der Waals surface area (Å²) in [4.78, 5) is 0. The molecule has 0 aromatic carbocycles. The van der Waals surface area contributed by atoms with Gasteiger partial charge in [0.1, 0.15) is 0 Å². The lowest BCUT2D eigenvalue weighted by atomic mass is 10.5. The van der Waals surface area contributed by atoms with Crippen molar-refractivity contribution in [1.82, 2.24) is 5.32 Å². The quantitative estimate of drug-likeness (QED) is 0.481. The van der Waals surface area contributed by atoms with Crippen molar-refractivity contribution >= 4 is 7.60 Å². The lowest BCUT2D eigenvalue weighted by Gasteiger charge is -2.16. The summed E-state index contributed by atoms with van der Waals surface area (Å²) in [6.07, 6.45) is 1.33. The topological polar surface area (TPSA) is 47.6 Å². The van der Waals surface area contributed by atoms with Crippen molar-refractivity contribution in [3.05, 3.63) is 0 Å². The van der Waals surface area contributed by atoms with Crippen LogP contribution in [0.3, 0.4) is 0 Å². The molecular weight excluding hydrogens is 201 g/mol. The molecule has 0 bridgehead atoms. The Morgan fingerprint density at radius 2 is 1.71 bits per heavy atom. The monoisotopic (exact) mass is 223 g/mol. The van der Waals surface area contributed by atoms with E-state index in [1.165, 1.54) is 0 Å². The molecule has 0 saturated carbocycles. The molecule has 1 N–H and O–H groups in total. The second-order valence-corrected chi connectivity index (χ2v) is 5.06. The highest BCUT2D eigenvalue weighted by molar-refractivity contribution is 7.53. The van der Waals surface area contributed by atoms with Crippen LogP contribution in [0.4, 0.5) is 0 Å².